The SMILES string of the molecule is Cn1cc(CNC2C=CCCC2)nn1. The van der Waals surface area contributed by atoms with Gasteiger partial charge in [-0.25, -0.2) is 0 Å². The number of hydrogen-bond acceptors (Lipinski definition) is 3. The molecule has 1 aliphatic rings. The summed E-state index contributed by atoms with van der Waals surface area (Å²) >= 11 is 0. The molecule has 4 nitrogen and oxygen atoms in total. The fourth-order valence-electron chi connectivity index (χ4n) is 1.69. The van der Waals surface area contributed by atoms with Crippen molar-refractivity contribution >= 4 is 0 Å². The van der Waals surface area contributed by atoms with Crippen molar-refractivity contribution in [2.45, 2.75) is 31.8 Å². The molecule has 1 aliphatic carbocycles. The largest absolute Gasteiger partial charge is 0.305 e. The Balaban J connectivity index is 1.82. The van der Waals surface area contributed by atoms with Gasteiger partial charge in [0.1, 0.15) is 0 Å². The van der Waals surface area contributed by atoms with E-state index in [-0.39, 0.29) is 0 Å². The molecule has 0 fully saturated rings. The van der Waals surface area contributed by atoms with Crippen LogP contribution in [0.15, 0.2) is 18.3 Å². The minimum atomic E-state index is 0.519. The summed E-state index contributed by atoms with van der Waals surface area (Å²) in [6.45, 7) is 0.808. The summed E-state index contributed by atoms with van der Waals surface area (Å²) in [5.41, 5.74) is 1.01. The van der Waals surface area contributed by atoms with Crippen LogP contribution >= 0.6 is 0 Å². The molecule has 1 aromatic rings. The highest BCUT2D eigenvalue weighted by atomic mass is 15.4. The van der Waals surface area contributed by atoms with Crippen LogP contribution in [0.5, 0.6) is 0 Å². The van der Waals surface area contributed by atoms with Crippen molar-refractivity contribution in [1.82, 2.24) is 20.3 Å². The molecule has 1 heterocycles. The summed E-state index contributed by atoms with van der Waals surface area (Å²) in [5.74, 6) is 0. The van der Waals surface area contributed by atoms with Crippen molar-refractivity contribution in [3.05, 3.63) is 24.0 Å². The van der Waals surface area contributed by atoms with Gasteiger partial charge in [-0.2, -0.15) is 0 Å². The Kier molecular flexibility index (Phi) is 2.93. The summed E-state index contributed by atoms with van der Waals surface area (Å²) in [7, 11) is 1.89. The molecule has 0 spiro atoms. The predicted octanol–water partition coefficient (Wildman–Crippen LogP) is 1.01. The number of nitrogens with zero attached hydrogens (tertiary/aromatic N) is 3. The Morgan fingerprint density at radius 2 is 2.57 bits per heavy atom. The lowest BCUT2D eigenvalue weighted by Crippen LogP contribution is -2.27. The van der Waals surface area contributed by atoms with Gasteiger partial charge in [-0.3, -0.25) is 4.68 Å². The van der Waals surface area contributed by atoms with Crippen molar-refractivity contribution in [1.29, 1.82) is 0 Å². The number of allylic oxidation sites excluding steroid dienone is 1. The van der Waals surface area contributed by atoms with Crippen molar-refractivity contribution < 1.29 is 0 Å². The number of nitrogens with one attached hydrogen (secondary N) is 1. The second-order valence-electron chi connectivity index (χ2n) is 3.73. The van der Waals surface area contributed by atoms with Gasteiger partial charge < -0.3 is 5.32 Å². The van der Waals surface area contributed by atoms with Gasteiger partial charge in [0, 0.05) is 25.8 Å². The first-order valence-electron chi connectivity index (χ1n) is 5.10. The molecule has 0 aromatic carbocycles. The second kappa shape index (κ2) is 4.37. The van der Waals surface area contributed by atoms with Crippen molar-refractivity contribution in [2.24, 2.45) is 7.05 Å². The lowest BCUT2D eigenvalue weighted by atomic mass is 10.0. The minimum absolute atomic E-state index is 0.519. The van der Waals surface area contributed by atoms with Crippen LogP contribution in [0, 0.1) is 0 Å². The zero-order valence-electron chi connectivity index (χ0n) is 8.48. The van der Waals surface area contributed by atoms with Crippen LogP contribution in [-0.2, 0) is 13.6 Å². The summed E-state index contributed by atoms with van der Waals surface area (Å²) in [6, 6.07) is 0.519. The molecule has 1 atom stereocenters. The average Bonchev–Trinajstić information content (AvgIpc) is 2.63. The smallest absolute Gasteiger partial charge is 0.0964 e. The van der Waals surface area contributed by atoms with E-state index in [4.69, 9.17) is 0 Å². The first-order valence-corrected chi connectivity index (χ1v) is 5.10. The van der Waals surface area contributed by atoms with E-state index in [2.05, 4.69) is 27.8 Å². The minimum Gasteiger partial charge on any atom is -0.305 e. The summed E-state index contributed by atoms with van der Waals surface area (Å²) in [5, 5.41) is 11.4. The van der Waals surface area contributed by atoms with Crippen molar-refractivity contribution in [3.8, 4) is 0 Å². The quantitative estimate of drug-likeness (QED) is 0.727. The second-order valence-corrected chi connectivity index (χ2v) is 3.73. The van der Waals surface area contributed by atoms with Gasteiger partial charge in [0.15, 0.2) is 0 Å². The van der Waals surface area contributed by atoms with Gasteiger partial charge >= 0.3 is 0 Å². The topological polar surface area (TPSA) is 42.7 Å². The fourth-order valence-corrected chi connectivity index (χ4v) is 1.69. The van der Waals surface area contributed by atoms with E-state index < -0.39 is 0 Å². The van der Waals surface area contributed by atoms with E-state index in [1.807, 2.05) is 13.2 Å². The molecule has 0 aliphatic heterocycles. The van der Waals surface area contributed by atoms with E-state index in [0.717, 1.165) is 12.2 Å². The van der Waals surface area contributed by atoms with Gasteiger partial charge in [-0.1, -0.05) is 17.4 Å². The third-order valence-corrected chi connectivity index (χ3v) is 2.45. The van der Waals surface area contributed by atoms with E-state index in [1.165, 1.54) is 19.3 Å². The normalized spacial score (nSPS) is 21.4. The number of aryl methyl sites for hydroxylation is 1. The molecule has 0 saturated carbocycles. The van der Waals surface area contributed by atoms with Crippen LogP contribution in [-0.4, -0.2) is 21.0 Å². The molecule has 1 unspecified atom stereocenters. The van der Waals surface area contributed by atoms with E-state index in [1.54, 1.807) is 4.68 Å². The van der Waals surface area contributed by atoms with Crippen LogP contribution in [0.25, 0.3) is 0 Å². The highest BCUT2D eigenvalue weighted by molar-refractivity contribution is 4.99. The average molecular weight is 192 g/mol. The molecule has 14 heavy (non-hydrogen) atoms. The van der Waals surface area contributed by atoms with Crippen LogP contribution in [0.1, 0.15) is 25.0 Å². The molecular weight excluding hydrogens is 176 g/mol. The third-order valence-electron chi connectivity index (χ3n) is 2.45. The number of aromatic nitrogens is 3. The standard InChI is InChI=1S/C10H16N4/c1-14-8-10(12-13-14)7-11-9-5-3-2-4-6-9/h3,5,8-9,11H,2,4,6-7H2,1H3. The van der Waals surface area contributed by atoms with Crippen molar-refractivity contribution in [3.63, 3.8) is 0 Å². The highest BCUT2D eigenvalue weighted by Crippen LogP contribution is 2.10. The molecule has 1 aromatic heterocycles. The van der Waals surface area contributed by atoms with Gasteiger partial charge in [0.25, 0.3) is 0 Å². The molecule has 4 heteroatoms. The first kappa shape index (κ1) is 9.40. The molecule has 0 amide bonds. The summed E-state index contributed by atoms with van der Waals surface area (Å²) in [6.07, 6.45) is 10.2. The summed E-state index contributed by atoms with van der Waals surface area (Å²) < 4.78 is 1.73. The van der Waals surface area contributed by atoms with Gasteiger partial charge in [0.05, 0.1) is 5.69 Å². The Morgan fingerprint density at radius 3 is 3.21 bits per heavy atom. The molecule has 76 valence electrons. The van der Waals surface area contributed by atoms with Crippen LogP contribution < -0.4 is 5.32 Å². The Bertz CT molecular complexity index is 316. The molecule has 2 rings (SSSR count). The molecular formula is C10H16N4. The highest BCUT2D eigenvalue weighted by Gasteiger charge is 2.07. The van der Waals surface area contributed by atoms with Gasteiger partial charge in [0.2, 0.25) is 0 Å². The van der Waals surface area contributed by atoms with Crippen molar-refractivity contribution in [2.75, 3.05) is 0 Å². The molecule has 0 saturated heterocycles. The Labute approximate surface area is 84.0 Å². The van der Waals surface area contributed by atoms with Crippen LogP contribution in [0.2, 0.25) is 0 Å². The maximum atomic E-state index is 4.03. The molecule has 0 radical (unpaired) electrons. The van der Waals surface area contributed by atoms with E-state index >= 15 is 0 Å². The lowest BCUT2D eigenvalue weighted by Gasteiger charge is -2.16. The zero-order chi connectivity index (χ0) is 9.80. The molecule has 1 N–H and O–H groups in total. The lowest BCUT2D eigenvalue weighted by molar-refractivity contribution is 0.518. The monoisotopic (exact) mass is 192 g/mol. The summed E-state index contributed by atoms with van der Waals surface area (Å²) in [4.78, 5) is 0. The third kappa shape index (κ3) is 2.42. The molecule has 0 bridgehead atoms. The van der Waals surface area contributed by atoms with E-state index in [9.17, 15) is 0 Å². The van der Waals surface area contributed by atoms with Gasteiger partial charge in [-0.05, 0) is 19.3 Å². The van der Waals surface area contributed by atoms with E-state index in [0.29, 0.717) is 6.04 Å². The predicted molar refractivity (Wildman–Crippen MR) is 54.6 cm³/mol. The zero-order valence-corrected chi connectivity index (χ0v) is 8.48. The van der Waals surface area contributed by atoms with Crippen LogP contribution in [0.3, 0.4) is 0 Å². The van der Waals surface area contributed by atoms with Crippen LogP contribution in [0.4, 0.5) is 0 Å². The number of rotatable bonds is 3. The fraction of sp³-hybridized carbons (Fsp3) is 0.600. The maximum Gasteiger partial charge on any atom is 0.0964 e. The Morgan fingerprint density at radius 1 is 1.64 bits per heavy atom. The first-order chi connectivity index (χ1) is 6.84. The van der Waals surface area contributed by atoms with Gasteiger partial charge in [-0.15, -0.1) is 5.10 Å². The Hall–Kier alpha value is -1.16. The number of hydrogen-bond donors (Lipinski definition) is 1. The maximum absolute atomic E-state index is 4.03.